The molecule has 8 heteroatoms. The standard InChI is InChI=1S/C20H25ClN4O2S/c1-26-17-4-5-19(18(21)13-17)23-20(28)25(15-16-3-2-6-22-14-16)8-7-24-9-11-27-12-10-24/h2-6,13-14H,7-12,15H2,1H3,(H,23,28). The molecule has 2 heterocycles. The first-order valence-corrected chi connectivity index (χ1v) is 10.0. The van der Waals surface area contributed by atoms with Crippen molar-refractivity contribution in [3.8, 4) is 5.75 Å². The predicted molar refractivity (Wildman–Crippen MR) is 116 cm³/mol. The number of anilines is 1. The Morgan fingerprint density at radius 1 is 1.36 bits per heavy atom. The molecular weight excluding hydrogens is 396 g/mol. The fraction of sp³-hybridized carbons (Fsp3) is 0.400. The second-order valence-corrected chi connectivity index (χ2v) is 7.31. The lowest BCUT2D eigenvalue weighted by atomic mass is 10.2. The lowest BCUT2D eigenvalue weighted by molar-refractivity contribution is 0.0358. The van der Waals surface area contributed by atoms with Gasteiger partial charge in [-0.25, -0.2) is 0 Å². The quantitative estimate of drug-likeness (QED) is 0.690. The van der Waals surface area contributed by atoms with Crippen LogP contribution >= 0.6 is 23.8 Å². The van der Waals surface area contributed by atoms with E-state index in [9.17, 15) is 0 Å². The van der Waals surface area contributed by atoms with Gasteiger partial charge in [-0.15, -0.1) is 0 Å². The molecule has 1 N–H and O–H groups in total. The summed E-state index contributed by atoms with van der Waals surface area (Å²) in [4.78, 5) is 8.74. The maximum atomic E-state index is 6.36. The van der Waals surface area contributed by atoms with Crippen molar-refractivity contribution in [3.05, 3.63) is 53.3 Å². The van der Waals surface area contributed by atoms with Crippen molar-refractivity contribution in [2.24, 2.45) is 0 Å². The van der Waals surface area contributed by atoms with Crippen LogP contribution in [0.25, 0.3) is 0 Å². The molecule has 1 aromatic heterocycles. The summed E-state index contributed by atoms with van der Waals surface area (Å²) in [6.45, 7) is 5.87. The van der Waals surface area contributed by atoms with Crippen molar-refractivity contribution in [3.63, 3.8) is 0 Å². The molecular formula is C20H25ClN4O2S. The Kier molecular flexibility index (Phi) is 7.85. The zero-order chi connectivity index (χ0) is 19.8. The summed E-state index contributed by atoms with van der Waals surface area (Å²) in [5.74, 6) is 0.709. The summed E-state index contributed by atoms with van der Waals surface area (Å²) in [6.07, 6.45) is 3.64. The predicted octanol–water partition coefficient (Wildman–Crippen LogP) is 3.27. The van der Waals surface area contributed by atoms with Crippen LogP contribution in [0.3, 0.4) is 0 Å². The van der Waals surface area contributed by atoms with Crippen LogP contribution in [0.4, 0.5) is 5.69 Å². The van der Waals surface area contributed by atoms with Crippen LogP contribution in [0, 0.1) is 0 Å². The normalized spacial score (nSPS) is 14.5. The van der Waals surface area contributed by atoms with E-state index < -0.39 is 0 Å². The topological polar surface area (TPSA) is 49.9 Å². The number of thiocarbonyl (C=S) groups is 1. The Morgan fingerprint density at radius 2 is 2.18 bits per heavy atom. The number of morpholine rings is 1. The van der Waals surface area contributed by atoms with Crippen molar-refractivity contribution in [2.75, 3.05) is 51.8 Å². The molecule has 1 aliphatic heterocycles. The minimum Gasteiger partial charge on any atom is -0.497 e. The third kappa shape index (κ3) is 6.04. The minimum atomic E-state index is 0.566. The van der Waals surface area contributed by atoms with E-state index in [1.54, 1.807) is 19.4 Å². The van der Waals surface area contributed by atoms with Crippen molar-refractivity contribution >= 4 is 34.6 Å². The Bertz CT molecular complexity index is 772. The number of ether oxygens (including phenoxy) is 2. The maximum absolute atomic E-state index is 6.36. The molecule has 0 saturated carbocycles. The van der Waals surface area contributed by atoms with E-state index >= 15 is 0 Å². The van der Waals surface area contributed by atoms with Gasteiger partial charge in [0.25, 0.3) is 0 Å². The average molecular weight is 421 g/mol. The van der Waals surface area contributed by atoms with E-state index in [4.69, 9.17) is 33.3 Å². The number of hydrogen-bond acceptors (Lipinski definition) is 5. The number of benzene rings is 1. The van der Waals surface area contributed by atoms with E-state index in [-0.39, 0.29) is 0 Å². The van der Waals surface area contributed by atoms with Gasteiger partial charge in [-0.3, -0.25) is 9.88 Å². The molecule has 1 saturated heterocycles. The zero-order valence-corrected chi connectivity index (χ0v) is 17.5. The minimum absolute atomic E-state index is 0.566. The van der Waals surface area contributed by atoms with Gasteiger partial charge in [-0.05, 0) is 36.0 Å². The Labute approximate surface area is 176 Å². The van der Waals surface area contributed by atoms with Gasteiger partial charge in [0.1, 0.15) is 5.75 Å². The smallest absolute Gasteiger partial charge is 0.173 e. The maximum Gasteiger partial charge on any atom is 0.173 e. The van der Waals surface area contributed by atoms with E-state index in [1.807, 2.05) is 24.4 Å². The van der Waals surface area contributed by atoms with Crippen LogP contribution < -0.4 is 10.1 Å². The summed E-state index contributed by atoms with van der Waals surface area (Å²) in [6, 6.07) is 9.49. The Morgan fingerprint density at radius 3 is 2.86 bits per heavy atom. The van der Waals surface area contributed by atoms with E-state index in [2.05, 4.69) is 26.2 Å². The summed E-state index contributed by atoms with van der Waals surface area (Å²) in [7, 11) is 1.62. The molecule has 0 spiro atoms. The van der Waals surface area contributed by atoms with Gasteiger partial charge >= 0.3 is 0 Å². The fourth-order valence-corrected chi connectivity index (χ4v) is 3.45. The molecule has 1 aliphatic rings. The third-order valence-electron chi connectivity index (χ3n) is 4.59. The lowest BCUT2D eigenvalue weighted by Crippen LogP contribution is -2.44. The highest BCUT2D eigenvalue weighted by molar-refractivity contribution is 7.80. The van der Waals surface area contributed by atoms with Gasteiger partial charge in [0.15, 0.2) is 5.11 Å². The molecule has 1 fully saturated rings. The van der Waals surface area contributed by atoms with Gasteiger partial charge in [0.2, 0.25) is 0 Å². The average Bonchev–Trinajstić information content (AvgIpc) is 2.74. The highest BCUT2D eigenvalue weighted by Gasteiger charge is 2.16. The van der Waals surface area contributed by atoms with Crippen LogP contribution in [0.5, 0.6) is 5.75 Å². The molecule has 3 rings (SSSR count). The summed E-state index contributed by atoms with van der Waals surface area (Å²) < 4.78 is 10.6. The Hall–Kier alpha value is -1.93. The van der Waals surface area contributed by atoms with Gasteiger partial charge in [-0.1, -0.05) is 17.7 Å². The second kappa shape index (κ2) is 10.6. The number of nitrogens with zero attached hydrogens (tertiary/aromatic N) is 3. The monoisotopic (exact) mass is 420 g/mol. The summed E-state index contributed by atoms with van der Waals surface area (Å²) in [5, 5.41) is 4.47. The van der Waals surface area contributed by atoms with Crippen molar-refractivity contribution in [2.45, 2.75) is 6.54 Å². The zero-order valence-electron chi connectivity index (χ0n) is 15.9. The number of hydrogen-bond donors (Lipinski definition) is 1. The van der Waals surface area contributed by atoms with Crippen LogP contribution in [-0.4, -0.2) is 66.4 Å². The molecule has 1 aromatic carbocycles. The SMILES string of the molecule is COc1ccc(NC(=S)N(CCN2CCOCC2)Cc2cccnc2)c(Cl)c1. The van der Waals surface area contributed by atoms with Crippen molar-refractivity contribution in [1.82, 2.24) is 14.8 Å². The number of methoxy groups -OCH3 is 1. The van der Waals surface area contributed by atoms with Gasteiger partial charge in [0.05, 0.1) is 31.0 Å². The number of pyridine rings is 1. The van der Waals surface area contributed by atoms with Crippen LogP contribution in [0.2, 0.25) is 5.02 Å². The lowest BCUT2D eigenvalue weighted by Gasteiger charge is -2.31. The van der Waals surface area contributed by atoms with Crippen LogP contribution in [-0.2, 0) is 11.3 Å². The Balaban J connectivity index is 1.68. The van der Waals surface area contributed by atoms with E-state index in [0.717, 1.165) is 50.6 Å². The molecule has 0 amide bonds. The van der Waals surface area contributed by atoms with Crippen molar-refractivity contribution in [1.29, 1.82) is 0 Å². The van der Waals surface area contributed by atoms with Crippen molar-refractivity contribution < 1.29 is 9.47 Å². The molecule has 0 aliphatic carbocycles. The van der Waals surface area contributed by atoms with E-state index in [0.29, 0.717) is 22.4 Å². The van der Waals surface area contributed by atoms with Gasteiger partial charge in [-0.2, -0.15) is 0 Å². The van der Waals surface area contributed by atoms with Crippen LogP contribution in [0.15, 0.2) is 42.7 Å². The molecule has 0 unspecified atom stereocenters. The third-order valence-corrected chi connectivity index (χ3v) is 5.26. The summed E-state index contributed by atoms with van der Waals surface area (Å²) in [5.41, 5.74) is 1.87. The molecule has 28 heavy (non-hydrogen) atoms. The first kappa shape index (κ1) is 20.8. The first-order valence-electron chi connectivity index (χ1n) is 9.24. The van der Waals surface area contributed by atoms with Crippen LogP contribution in [0.1, 0.15) is 5.56 Å². The first-order chi connectivity index (χ1) is 13.7. The fourth-order valence-electron chi connectivity index (χ4n) is 2.97. The molecule has 150 valence electrons. The molecule has 0 atom stereocenters. The van der Waals surface area contributed by atoms with Gasteiger partial charge < -0.3 is 19.7 Å². The second-order valence-electron chi connectivity index (χ2n) is 6.51. The molecule has 2 aromatic rings. The number of nitrogens with one attached hydrogen (secondary N) is 1. The van der Waals surface area contributed by atoms with E-state index in [1.165, 1.54) is 0 Å². The largest absolute Gasteiger partial charge is 0.497 e. The highest BCUT2D eigenvalue weighted by atomic mass is 35.5. The molecule has 6 nitrogen and oxygen atoms in total. The van der Waals surface area contributed by atoms with Gasteiger partial charge in [0, 0.05) is 51.2 Å². The summed E-state index contributed by atoms with van der Waals surface area (Å²) >= 11 is 12.1. The number of aromatic nitrogens is 1. The number of halogens is 1. The molecule has 0 bridgehead atoms. The molecule has 0 radical (unpaired) electrons. The number of rotatable bonds is 7. The highest BCUT2D eigenvalue weighted by Crippen LogP contribution is 2.27.